The van der Waals surface area contributed by atoms with Crippen molar-refractivity contribution in [1.29, 1.82) is 5.26 Å². The van der Waals surface area contributed by atoms with Crippen LogP contribution in [0.3, 0.4) is 0 Å². The Bertz CT molecular complexity index is 940. The maximum atomic E-state index is 13.8. The number of nitrogens with zero attached hydrogens (tertiary/aromatic N) is 1. The van der Waals surface area contributed by atoms with Crippen molar-refractivity contribution in [2.24, 2.45) is 0 Å². The molecular formula is C16H11BrFNO5S. The van der Waals surface area contributed by atoms with Crippen molar-refractivity contribution in [3.63, 3.8) is 0 Å². The number of hydrogen-bond acceptors (Lipinski definition) is 6. The van der Waals surface area contributed by atoms with Crippen molar-refractivity contribution in [3.05, 3.63) is 52.3 Å². The van der Waals surface area contributed by atoms with Gasteiger partial charge in [-0.15, -0.1) is 0 Å². The fourth-order valence-corrected chi connectivity index (χ4v) is 3.37. The standard InChI is InChI=1S/C16H11BrFNO5S/c17-11-1-3-13(4-2-11)25(20,21)23-9-12-8-22-16-14(18)5-10(7-19)6-15(16)24-12/h1-6,12H,8-9H2/t12-/m1/s1. The Kier molecular flexibility index (Phi) is 4.94. The highest BCUT2D eigenvalue weighted by atomic mass is 79.9. The van der Waals surface area contributed by atoms with Crippen LogP contribution in [0.15, 0.2) is 45.8 Å². The van der Waals surface area contributed by atoms with Crippen LogP contribution in [0.25, 0.3) is 0 Å². The molecule has 1 atom stereocenters. The van der Waals surface area contributed by atoms with Gasteiger partial charge < -0.3 is 9.47 Å². The fraction of sp³-hybridized carbons (Fsp3) is 0.188. The monoisotopic (exact) mass is 427 g/mol. The van der Waals surface area contributed by atoms with Crippen LogP contribution < -0.4 is 9.47 Å². The second-order valence-electron chi connectivity index (χ2n) is 5.14. The van der Waals surface area contributed by atoms with E-state index in [0.717, 1.165) is 10.5 Å². The van der Waals surface area contributed by atoms with Gasteiger partial charge in [0.15, 0.2) is 23.4 Å². The first-order valence-electron chi connectivity index (χ1n) is 7.07. The van der Waals surface area contributed by atoms with Crippen LogP contribution in [-0.4, -0.2) is 27.7 Å². The lowest BCUT2D eigenvalue weighted by atomic mass is 10.2. The van der Waals surface area contributed by atoms with Crippen molar-refractivity contribution in [1.82, 2.24) is 0 Å². The van der Waals surface area contributed by atoms with E-state index >= 15 is 0 Å². The molecule has 0 radical (unpaired) electrons. The first-order chi connectivity index (χ1) is 11.9. The lowest BCUT2D eigenvalue weighted by molar-refractivity contribution is 0.0524. The largest absolute Gasteiger partial charge is 0.483 e. The Balaban J connectivity index is 1.70. The van der Waals surface area contributed by atoms with Crippen molar-refractivity contribution in [2.45, 2.75) is 11.0 Å². The molecule has 130 valence electrons. The van der Waals surface area contributed by atoms with Gasteiger partial charge in [-0.2, -0.15) is 13.7 Å². The van der Waals surface area contributed by atoms with E-state index in [1.165, 1.54) is 18.2 Å². The van der Waals surface area contributed by atoms with Gasteiger partial charge in [0, 0.05) is 10.5 Å². The molecular weight excluding hydrogens is 417 g/mol. The van der Waals surface area contributed by atoms with Crippen LogP contribution in [-0.2, 0) is 14.3 Å². The van der Waals surface area contributed by atoms with Crippen LogP contribution in [0.2, 0.25) is 0 Å². The van der Waals surface area contributed by atoms with E-state index in [1.54, 1.807) is 12.1 Å². The second kappa shape index (κ2) is 7.00. The molecule has 25 heavy (non-hydrogen) atoms. The first kappa shape index (κ1) is 17.7. The van der Waals surface area contributed by atoms with Gasteiger partial charge >= 0.3 is 0 Å². The highest BCUT2D eigenvalue weighted by Gasteiger charge is 2.27. The predicted molar refractivity (Wildman–Crippen MR) is 88.3 cm³/mol. The number of fused-ring (bicyclic) bond motifs is 1. The normalized spacial score (nSPS) is 16.3. The van der Waals surface area contributed by atoms with Crippen molar-refractivity contribution < 1.29 is 26.5 Å². The molecule has 9 heteroatoms. The molecule has 0 unspecified atom stereocenters. The molecule has 0 aromatic heterocycles. The maximum Gasteiger partial charge on any atom is 0.297 e. The molecule has 0 saturated heterocycles. The third-order valence-corrected chi connectivity index (χ3v) is 5.18. The minimum absolute atomic E-state index is 0.00522. The molecule has 1 heterocycles. The summed E-state index contributed by atoms with van der Waals surface area (Å²) in [6, 6.07) is 10.1. The summed E-state index contributed by atoms with van der Waals surface area (Å²) in [5.74, 6) is -0.778. The molecule has 0 bridgehead atoms. The summed E-state index contributed by atoms with van der Waals surface area (Å²) in [4.78, 5) is 0.00522. The van der Waals surface area contributed by atoms with Crippen LogP contribution in [0.1, 0.15) is 5.56 Å². The molecule has 0 aliphatic carbocycles. The zero-order valence-electron chi connectivity index (χ0n) is 12.6. The van der Waals surface area contributed by atoms with Crippen LogP contribution in [0.5, 0.6) is 11.5 Å². The quantitative estimate of drug-likeness (QED) is 0.697. The van der Waals surface area contributed by atoms with E-state index < -0.39 is 22.0 Å². The van der Waals surface area contributed by atoms with E-state index in [9.17, 15) is 12.8 Å². The van der Waals surface area contributed by atoms with Gasteiger partial charge in [0.25, 0.3) is 10.1 Å². The molecule has 3 rings (SSSR count). The molecule has 2 aromatic carbocycles. The van der Waals surface area contributed by atoms with Crippen molar-refractivity contribution >= 4 is 26.0 Å². The van der Waals surface area contributed by atoms with Gasteiger partial charge in [-0.25, -0.2) is 4.39 Å². The second-order valence-corrected chi connectivity index (χ2v) is 7.67. The Morgan fingerprint density at radius 2 is 2.04 bits per heavy atom. The van der Waals surface area contributed by atoms with Crippen molar-refractivity contribution in [3.8, 4) is 17.6 Å². The Morgan fingerprint density at radius 3 is 2.72 bits per heavy atom. The number of benzene rings is 2. The van der Waals surface area contributed by atoms with Gasteiger partial charge in [0.2, 0.25) is 0 Å². The number of rotatable bonds is 4. The lowest BCUT2D eigenvalue weighted by Gasteiger charge is -2.26. The van der Waals surface area contributed by atoms with E-state index in [-0.39, 0.29) is 35.2 Å². The number of hydrogen-bond donors (Lipinski definition) is 0. The summed E-state index contributed by atoms with van der Waals surface area (Å²) in [6.45, 7) is -0.387. The predicted octanol–water partition coefficient (Wildman–Crippen LogP) is 3.01. The van der Waals surface area contributed by atoms with Crippen LogP contribution in [0, 0.1) is 17.1 Å². The third-order valence-electron chi connectivity index (χ3n) is 3.36. The number of halogens is 2. The van der Waals surface area contributed by atoms with Crippen LogP contribution in [0.4, 0.5) is 4.39 Å². The summed E-state index contributed by atoms with van der Waals surface area (Å²) < 4.78 is 54.6. The zero-order valence-corrected chi connectivity index (χ0v) is 15.0. The zero-order chi connectivity index (χ0) is 18.0. The van der Waals surface area contributed by atoms with Gasteiger partial charge in [0.1, 0.15) is 13.2 Å². The molecule has 1 aliphatic rings. The van der Waals surface area contributed by atoms with Gasteiger partial charge in [-0.05, 0) is 30.3 Å². The summed E-state index contributed by atoms with van der Waals surface area (Å²) in [6.07, 6.45) is -0.758. The number of nitriles is 1. The smallest absolute Gasteiger partial charge is 0.297 e. The molecule has 0 spiro atoms. The average molecular weight is 428 g/mol. The maximum absolute atomic E-state index is 13.8. The summed E-state index contributed by atoms with van der Waals surface area (Å²) >= 11 is 3.22. The minimum atomic E-state index is -3.96. The Labute approximate surface area is 152 Å². The van der Waals surface area contributed by atoms with Crippen LogP contribution >= 0.6 is 15.9 Å². The lowest BCUT2D eigenvalue weighted by Crippen LogP contribution is -2.34. The van der Waals surface area contributed by atoms with E-state index in [4.69, 9.17) is 18.9 Å². The molecule has 0 N–H and O–H groups in total. The highest BCUT2D eigenvalue weighted by molar-refractivity contribution is 9.10. The first-order valence-corrected chi connectivity index (χ1v) is 9.27. The summed E-state index contributed by atoms with van der Waals surface area (Å²) in [7, 11) is -3.96. The van der Waals surface area contributed by atoms with Gasteiger partial charge in [-0.3, -0.25) is 4.18 Å². The van der Waals surface area contributed by atoms with Crippen molar-refractivity contribution in [2.75, 3.05) is 13.2 Å². The minimum Gasteiger partial charge on any atom is -0.483 e. The van der Waals surface area contributed by atoms with E-state index in [0.29, 0.717) is 0 Å². The highest BCUT2D eigenvalue weighted by Crippen LogP contribution is 2.35. The topological polar surface area (TPSA) is 85.6 Å². The Morgan fingerprint density at radius 1 is 1.32 bits per heavy atom. The van der Waals surface area contributed by atoms with Gasteiger partial charge in [0.05, 0.1) is 16.5 Å². The number of ether oxygens (including phenoxy) is 2. The molecule has 0 fully saturated rings. The van der Waals surface area contributed by atoms with E-state index in [1.807, 2.05) is 6.07 Å². The fourth-order valence-electron chi connectivity index (χ4n) is 2.17. The SMILES string of the molecule is N#Cc1cc(F)c2c(c1)O[C@@H](COS(=O)(=O)c1ccc(Br)cc1)CO2. The third kappa shape index (κ3) is 3.92. The molecule has 0 amide bonds. The molecule has 2 aromatic rings. The molecule has 1 aliphatic heterocycles. The van der Waals surface area contributed by atoms with E-state index in [2.05, 4.69) is 15.9 Å². The Hall–Kier alpha value is -2.15. The summed E-state index contributed by atoms with van der Waals surface area (Å²) in [5.41, 5.74) is 0.0731. The molecule has 0 saturated carbocycles. The summed E-state index contributed by atoms with van der Waals surface area (Å²) in [5, 5.41) is 8.86. The van der Waals surface area contributed by atoms with Gasteiger partial charge in [-0.1, -0.05) is 15.9 Å². The molecule has 6 nitrogen and oxygen atoms in total. The average Bonchev–Trinajstić information content (AvgIpc) is 2.60.